The van der Waals surface area contributed by atoms with Crippen LogP contribution >= 0.6 is 11.6 Å². The molecule has 0 spiro atoms. The van der Waals surface area contributed by atoms with Gasteiger partial charge in [0.1, 0.15) is 19.5 Å². The molecule has 22 heavy (non-hydrogen) atoms. The van der Waals surface area contributed by atoms with E-state index in [2.05, 4.69) is 9.99 Å². The van der Waals surface area contributed by atoms with Gasteiger partial charge in [0.2, 0.25) is 0 Å². The number of nitrogens with zero attached hydrogens (tertiary/aromatic N) is 1. The second-order valence-electron chi connectivity index (χ2n) is 4.39. The standard InChI is InChI=1S/C16H15ClN2O3/c1-21-19-15(16(18)20)14-5-3-2-4-11(14)10-22-13-8-6-12(17)7-9-13/h2-9H,10H2,1H3,(H2,18,20). The minimum Gasteiger partial charge on any atom is -0.489 e. The Morgan fingerprint density at radius 2 is 1.86 bits per heavy atom. The number of oxime groups is 1. The molecule has 1 amide bonds. The van der Waals surface area contributed by atoms with Crippen LogP contribution in [0.4, 0.5) is 0 Å². The van der Waals surface area contributed by atoms with Crippen LogP contribution in [0.3, 0.4) is 0 Å². The van der Waals surface area contributed by atoms with Gasteiger partial charge in [-0.3, -0.25) is 4.79 Å². The van der Waals surface area contributed by atoms with E-state index >= 15 is 0 Å². The topological polar surface area (TPSA) is 73.9 Å². The third-order valence-electron chi connectivity index (χ3n) is 2.90. The molecule has 114 valence electrons. The van der Waals surface area contributed by atoms with E-state index in [0.717, 1.165) is 5.56 Å². The molecule has 0 heterocycles. The van der Waals surface area contributed by atoms with E-state index in [0.29, 0.717) is 16.3 Å². The van der Waals surface area contributed by atoms with Crippen LogP contribution in [0.25, 0.3) is 0 Å². The first-order valence-electron chi connectivity index (χ1n) is 6.49. The number of hydrogen-bond donors (Lipinski definition) is 1. The smallest absolute Gasteiger partial charge is 0.271 e. The SMILES string of the molecule is CON=C(C(N)=O)c1ccccc1COc1ccc(Cl)cc1. The lowest BCUT2D eigenvalue weighted by Crippen LogP contribution is -2.25. The Balaban J connectivity index is 2.23. The Labute approximate surface area is 133 Å². The molecule has 0 fully saturated rings. The van der Waals surface area contributed by atoms with Crippen molar-refractivity contribution < 1.29 is 14.4 Å². The molecular weight excluding hydrogens is 304 g/mol. The Kier molecular flexibility index (Phi) is 5.38. The quantitative estimate of drug-likeness (QED) is 0.657. The summed E-state index contributed by atoms with van der Waals surface area (Å²) in [4.78, 5) is 16.2. The fourth-order valence-corrected chi connectivity index (χ4v) is 2.01. The summed E-state index contributed by atoms with van der Waals surface area (Å²) in [6, 6.07) is 14.2. The van der Waals surface area contributed by atoms with E-state index in [9.17, 15) is 4.79 Å². The van der Waals surface area contributed by atoms with Crippen LogP contribution in [-0.4, -0.2) is 18.7 Å². The Morgan fingerprint density at radius 3 is 2.50 bits per heavy atom. The largest absolute Gasteiger partial charge is 0.489 e. The van der Waals surface area contributed by atoms with Crippen molar-refractivity contribution in [3.05, 3.63) is 64.7 Å². The van der Waals surface area contributed by atoms with E-state index in [1.54, 1.807) is 36.4 Å². The van der Waals surface area contributed by atoms with Crippen LogP contribution in [0.15, 0.2) is 53.7 Å². The van der Waals surface area contributed by atoms with Gasteiger partial charge in [-0.25, -0.2) is 0 Å². The molecule has 0 atom stereocenters. The van der Waals surface area contributed by atoms with Crippen LogP contribution in [0.5, 0.6) is 5.75 Å². The lowest BCUT2D eigenvalue weighted by molar-refractivity contribution is -0.112. The van der Waals surface area contributed by atoms with E-state index < -0.39 is 5.91 Å². The van der Waals surface area contributed by atoms with Crippen molar-refractivity contribution in [2.24, 2.45) is 10.9 Å². The van der Waals surface area contributed by atoms with Gasteiger partial charge >= 0.3 is 0 Å². The summed E-state index contributed by atoms with van der Waals surface area (Å²) in [7, 11) is 1.36. The monoisotopic (exact) mass is 318 g/mol. The van der Waals surface area contributed by atoms with E-state index in [1.165, 1.54) is 7.11 Å². The maximum absolute atomic E-state index is 11.5. The minimum atomic E-state index is -0.666. The van der Waals surface area contributed by atoms with Crippen molar-refractivity contribution in [2.75, 3.05) is 7.11 Å². The number of rotatable bonds is 6. The summed E-state index contributed by atoms with van der Waals surface area (Å²) in [6.45, 7) is 0.258. The number of carbonyl (C=O) groups is 1. The van der Waals surface area contributed by atoms with Gasteiger partial charge in [0, 0.05) is 10.6 Å². The number of carbonyl (C=O) groups excluding carboxylic acids is 1. The molecule has 2 aromatic carbocycles. The Hall–Kier alpha value is -2.53. The number of benzene rings is 2. The molecule has 0 aliphatic heterocycles. The molecule has 0 aromatic heterocycles. The van der Waals surface area contributed by atoms with Gasteiger partial charge in [-0.1, -0.05) is 41.0 Å². The highest BCUT2D eigenvalue weighted by molar-refractivity contribution is 6.45. The third-order valence-corrected chi connectivity index (χ3v) is 3.15. The number of ether oxygens (including phenoxy) is 1. The van der Waals surface area contributed by atoms with Crippen LogP contribution in [-0.2, 0) is 16.2 Å². The summed E-state index contributed by atoms with van der Waals surface area (Å²) < 4.78 is 5.69. The first-order valence-corrected chi connectivity index (χ1v) is 6.87. The third kappa shape index (κ3) is 3.99. The fourth-order valence-electron chi connectivity index (χ4n) is 1.89. The van der Waals surface area contributed by atoms with Crippen molar-refractivity contribution >= 4 is 23.2 Å². The van der Waals surface area contributed by atoms with Crippen LogP contribution in [0, 0.1) is 0 Å². The highest BCUT2D eigenvalue weighted by Crippen LogP contribution is 2.18. The second-order valence-corrected chi connectivity index (χ2v) is 4.82. The zero-order valence-corrected chi connectivity index (χ0v) is 12.7. The average Bonchev–Trinajstić information content (AvgIpc) is 2.52. The van der Waals surface area contributed by atoms with Crippen molar-refractivity contribution in [1.29, 1.82) is 0 Å². The summed E-state index contributed by atoms with van der Waals surface area (Å²) in [5.74, 6) is 0.00398. The van der Waals surface area contributed by atoms with Gasteiger partial charge in [-0.15, -0.1) is 0 Å². The van der Waals surface area contributed by atoms with Crippen molar-refractivity contribution in [3.63, 3.8) is 0 Å². The molecule has 6 heteroatoms. The number of amides is 1. The van der Waals surface area contributed by atoms with Gasteiger partial charge in [0.15, 0.2) is 5.71 Å². The molecule has 0 aliphatic carbocycles. The predicted molar refractivity (Wildman–Crippen MR) is 85.0 cm³/mol. The molecular formula is C16H15ClN2O3. The highest BCUT2D eigenvalue weighted by Gasteiger charge is 2.15. The average molecular weight is 319 g/mol. The summed E-state index contributed by atoms with van der Waals surface area (Å²) in [6.07, 6.45) is 0. The van der Waals surface area contributed by atoms with Gasteiger partial charge < -0.3 is 15.3 Å². The van der Waals surface area contributed by atoms with Crippen LogP contribution in [0.1, 0.15) is 11.1 Å². The summed E-state index contributed by atoms with van der Waals surface area (Å²) >= 11 is 5.83. The molecule has 0 radical (unpaired) electrons. The van der Waals surface area contributed by atoms with E-state index in [1.807, 2.05) is 12.1 Å². The molecule has 0 saturated heterocycles. The van der Waals surface area contributed by atoms with Crippen molar-refractivity contribution in [2.45, 2.75) is 6.61 Å². The molecule has 0 bridgehead atoms. The van der Waals surface area contributed by atoms with Crippen LogP contribution < -0.4 is 10.5 Å². The fraction of sp³-hybridized carbons (Fsp3) is 0.125. The number of halogens is 1. The summed E-state index contributed by atoms with van der Waals surface area (Å²) in [5.41, 5.74) is 6.74. The van der Waals surface area contributed by atoms with Gasteiger partial charge in [-0.05, 0) is 29.8 Å². The molecule has 2 aromatic rings. The number of primary amides is 1. The van der Waals surface area contributed by atoms with E-state index in [4.69, 9.17) is 22.1 Å². The number of hydrogen-bond acceptors (Lipinski definition) is 4. The van der Waals surface area contributed by atoms with Crippen molar-refractivity contribution in [3.8, 4) is 5.75 Å². The minimum absolute atomic E-state index is 0.0535. The molecule has 0 unspecified atom stereocenters. The first-order chi connectivity index (χ1) is 10.6. The normalized spacial score (nSPS) is 11.1. The number of nitrogens with two attached hydrogens (primary N) is 1. The van der Waals surface area contributed by atoms with Gasteiger partial charge in [0.25, 0.3) is 5.91 Å². The van der Waals surface area contributed by atoms with E-state index in [-0.39, 0.29) is 12.3 Å². The van der Waals surface area contributed by atoms with Gasteiger partial charge in [-0.2, -0.15) is 0 Å². The van der Waals surface area contributed by atoms with Crippen LogP contribution in [0.2, 0.25) is 5.02 Å². The van der Waals surface area contributed by atoms with Crippen molar-refractivity contribution in [1.82, 2.24) is 0 Å². The second kappa shape index (κ2) is 7.47. The Morgan fingerprint density at radius 1 is 1.18 bits per heavy atom. The lowest BCUT2D eigenvalue weighted by Gasteiger charge is -2.11. The maximum Gasteiger partial charge on any atom is 0.271 e. The predicted octanol–water partition coefficient (Wildman–Crippen LogP) is 2.75. The zero-order valence-electron chi connectivity index (χ0n) is 12.0. The first kappa shape index (κ1) is 15.9. The molecule has 0 saturated carbocycles. The highest BCUT2D eigenvalue weighted by atomic mass is 35.5. The molecule has 2 rings (SSSR count). The zero-order chi connectivity index (χ0) is 15.9. The Bertz CT molecular complexity index is 684. The maximum atomic E-state index is 11.5. The molecule has 5 nitrogen and oxygen atoms in total. The van der Waals surface area contributed by atoms with Gasteiger partial charge in [0.05, 0.1) is 0 Å². The molecule has 0 aliphatic rings. The lowest BCUT2D eigenvalue weighted by atomic mass is 10.0. The molecule has 2 N–H and O–H groups in total. The summed E-state index contributed by atoms with van der Waals surface area (Å²) in [5, 5.41) is 4.33.